The quantitative estimate of drug-likeness (QED) is 0.282. The number of pyridine rings is 1. The fourth-order valence-electron chi connectivity index (χ4n) is 10.7. The number of nitrogens with zero attached hydrogens (tertiary/aromatic N) is 3. The van der Waals surface area contributed by atoms with Crippen LogP contribution in [0.2, 0.25) is 0 Å². The summed E-state index contributed by atoms with van der Waals surface area (Å²) in [4.78, 5) is 78.8. The van der Waals surface area contributed by atoms with E-state index >= 15 is 4.79 Å². The molecule has 1 aromatic carbocycles. The van der Waals surface area contributed by atoms with Crippen molar-refractivity contribution in [2.75, 3.05) is 26.2 Å². The van der Waals surface area contributed by atoms with Crippen molar-refractivity contribution in [2.45, 2.75) is 138 Å². The second-order valence-electron chi connectivity index (χ2n) is 18.8. The summed E-state index contributed by atoms with van der Waals surface area (Å²) >= 11 is 0. The maximum Gasteiger partial charge on any atom is 0.408 e. The Morgan fingerprint density at radius 1 is 0.953 bits per heavy atom. The van der Waals surface area contributed by atoms with Crippen molar-refractivity contribution in [2.24, 2.45) is 17.8 Å². The van der Waals surface area contributed by atoms with E-state index in [0.717, 1.165) is 57.8 Å². The molecule has 17 heteroatoms. The molecule has 64 heavy (non-hydrogen) atoms. The van der Waals surface area contributed by atoms with Crippen molar-refractivity contribution >= 4 is 50.6 Å². The average molecular weight is 901 g/mol. The zero-order chi connectivity index (χ0) is 44.6. The number of allylic oxidation sites excluding steroid dienone is 2. The first kappa shape index (κ1) is 44.0. The van der Waals surface area contributed by atoms with Gasteiger partial charge in [0.2, 0.25) is 27.7 Å². The number of carbonyl (C=O) groups excluding carboxylic acids is 5. The van der Waals surface area contributed by atoms with Gasteiger partial charge in [-0.2, -0.15) is 0 Å². The summed E-state index contributed by atoms with van der Waals surface area (Å²) in [6.45, 7) is 4.98. The monoisotopic (exact) mass is 900 g/mol. The Labute approximate surface area is 374 Å². The normalized spacial score (nSPS) is 30.5. The molecule has 344 valence electrons. The van der Waals surface area contributed by atoms with Gasteiger partial charge in [0.25, 0.3) is 11.8 Å². The van der Waals surface area contributed by atoms with Crippen LogP contribution in [-0.4, -0.2) is 114 Å². The molecule has 2 aromatic rings. The first-order chi connectivity index (χ1) is 30.9. The van der Waals surface area contributed by atoms with Crippen molar-refractivity contribution < 1.29 is 46.6 Å². The number of sulfonamides is 1. The van der Waals surface area contributed by atoms with Gasteiger partial charge in [-0.25, -0.2) is 18.2 Å². The van der Waals surface area contributed by atoms with Crippen molar-refractivity contribution in [3.63, 3.8) is 0 Å². The van der Waals surface area contributed by atoms with E-state index in [4.69, 9.17) is 19.2 Å². The van der Waals surface area contributed by atoms with E-state index in [1.165, 1.54) is 11.0 Å². The van der Waals surface area contributed by atoms with E-state index in [-0.39, 0.29) is 55.7 Å². The summed E-state index contributed by atoms with van der Waals surface area (Å²) in [7, 11) is -3.93. The molecule has 4 aliphatic carbocycles. The number of rotatable bonds is 10. The van der Waals surface area contributed by atoms with Gasteiger partial charge >= 0.3 is 6.09 Å². The number of carbonyl (C=O) groups is 5. The van der Waals surface area contributed by atoms with E-state index in [0.29, 0.717) is 67.4 Å². The molecule has 5 amide bonds. The summed E-state index contributed by atoms with van der Waals surface area (Å²) in [5, 5.41) is 5.87. The Morgan fingerprint density at radius 3 is 2.47 bits per heavy atom. The van der Waals surface area contributed by atoms with Gasteiger partial charge in [0.15, 0.2) is 6.61 Å². The van der Waals surface area contributed by atoms with E-state index in [9.17, 15) is 27.6 Å². The largest absolute Gasteiger partial charge is 0.483 e. The van der Waals surface area contributed by atoms with Crippen molar-refractivity contribution in [1.82, 2.24) is 30.1 Å². The lowest BCUT2D eigenvalue weighted by molar-refractivity contribution is -0.142. The lowest BCUT2D eigenvalue weighted by Gasteiger charge is -2.32. The molecule has 9 rings (SSSR count). The predicted molar refractivity (Wildman–Crippen MR) is 235 cm³/mol. The minimum absolute atomic E-state index is 0.00654. The first-order valence-electron chi connectivity index (χ1n) is 23.4. The maximum absolute atomic E-state index is 15.1. The van der Waals surface area contributed by atoms with Crippen molar-refractivity contribution in [1.29, 1.82) is 0 Å². The number of benzene rings is 1. The van der Waals surface area contributed by atoms with Crippen LogP contribution in [0.3, 0.4) is 0 Å². The smallest absolute Gasteiger partial charge is 0.408 e. The van der Waals surface area contributed by atoms with Crippen molar-refractivity contribution in [3.05, 3.63) is 54.6 Å². The number of alkyl carbamates (subject to hydrolysis) is 1. The second kappa shape index (κ2) is 18.4. The molecular formula is C47H60N6O10S. The highest BCUT2D eigenvalue weighted by molar-refractivity contribution is 7.91. The Balaban J connectivity index is 1.07. The molecule has 7 aliphatic rings. The predicted octanol–water partition coefficient (Wildman–Crippen LogP) is 4.60. The summed E-state index contributed by atoms with van der Waals surface area (Å²) in [5.41, 5.74) is -0.386. The van der Waals surface area contributed by atoms with Crippen LogP contribution in [0.15, 0.2) is 49.1 Å². The Hall–Kier alpha value is -5.19. The molecular weight excluding hydrogens is 841 g/mol. The fraction of sp³-hybridized carbons (Fsp3) is 0.617. The minimum Gasteiger partial charge on any atom is -0.483 e. The third-order valence-corrected chi connectivity index (χ3v) is 16.3. The van der Waals surface area contributed by atoms with E-state index < -0.39 is 68.7 Å². The molecule has 2 saturated heterocycles. The Bertz CT molecular complexity index is 2310. The lowest BCUT2D eigenvalue weighted by Crippen LogP contribution is -2.59. The number of hydrogen-bond acceptors (Lipinski definition) is 11. The van der Waals surface area contributed by atoms with Crippen LogP contribution in [0.4, 0.5) is 4.79 Å². The van der Waals surface area contributed by atoms with Gasteiger partial charge in [-0.05, 0) is 107 Å². The highest BCUT2D eigenvalue weighted by Gasteiger charge is 2.62. The van der Waals surface area contributed by atoms with Crippen LogP contribution in [0.1, 0.15) is 102 Å². The van der Waals surface area contributed by atoms with Gasteiger partial charge in [0.05, 0.1) is 22.9 Å². The Morgan fingerprint density at radius 2 is 1.72 bits per heavy atom. The third-order valence-electron chi connectivity index (χ3n) is 14.5. The summed E-state index contributed by atoms with van der Waals surface area (Å²) in [5.74, 6) is -1.96. The zero-order valence-electron chi connectivity index (χ0n) is 36.3. The molecule has 0 unspecified atom stereocenters. The molecule has 0 spiro atoms. The number of likely N-dealkylation sites (tertiary alicyclic amines) is 1. The highest BCUT2D eigenvalue weighted by atomic mass is 32.2. The number of aromatic nitrogens is 1. The van der Waals surface area contributed by atoms with Gasteiger partial charge < -0.3 is 34.6 Å². The third kappa shape index (κ3) is 9.18. The van der Waals surface area contributed by atoms with Gasteiger partial charge in [-0.1, -0.05) is 43.2 Å². The molecule has 6 fully saturated rings. The zero-order valence-corrected chi connectivity index (χ0v) is 37.2. The van der Waals surface area contributed by atoms with E-state index in [1.54, 1.807) is 0 Å². The van der Waals surface area contributed by atoms with Crippen molar-refractivity contribution in [3.8, 4) is 11.6 Å². The van der Waals surface area contributed by atoms with Crippen LogP contribution >= 0.6 is 0 Å². The highest BCUT2D eigenvalue weighted by Crippen LogP contribution is 2.46. The van der Waals surface area contributed by atoms with Crippen LogP contribution in [0, 0.1) is 17.8 Å². The van der Waals surface area contributed by atoms with Gasteiger partial charge in [-0.15, -0.1) is 6.58 Å². The first-order valence-corrected chi connectivity index (χ1v) is 24.9. The molecule has 4 heterocycles. The van der Waals surface area contributed by atoms with E-state index in [1.807, 2.05) is 35.2 Å². The SMILES string of the molecule is C=C[C@@H]1C[C@]1(NC(=O)[C@@H]1C[C@@H]2CN1C(=O)[C@H](C1CCCC1)NC(=O)O[C@@H]1CCC[C@H]1CC/C=C/Cc1c(nc3ccccc3c1OCC(=O)N1CCCC1)O2)C(=O)NS(=O)(=O)C1CC1. The van der Waals surface area contributed by atoms with Crippen LogP contribution < -0.4 is 24.8 Å². The van der Waals surface area contributed by atoms with Gasteiger partial charge in [-0.3, -0.25) is 23.9 Å². The fourth-order valence-corrected chi connectivity index (χ4v) is 12.0. The van der Waals surface area contributed by atoms with E-state index in [2.05, 4.69) is 28.0 Å². The molecule has 4 saturated carbocycles. The summed E-state index contributed by atoms with van der Waals surface area (Å²) in [6.07, 6.45) is 14.4. The number of hydrogen-bond donors (Lipinski definition) is 3. The summed E-state index contributed by atoms with van der Waals surface area (Å²) < 4.78 is 47.4. The number of para-hydroxylation sites is 1. The maximum atomic E-state index is 15.1. The Kier molecular flexibility index (Phi) is 12.6. The molecule has 7 atom stereocenters. The number of nitrogens with one attached hydrogen (secondary N) is 3. The molecule has 3 N–H and O–H groups in total. The number of fused-ring (bicyclic) bond motifs is 5. The second-order valence-corrected chi connectivity index (χ2v) is 20.8. The number of ether oxygens (including phenoxy) is 3. The average Bonchev–Trinajstić information content (AvgIpc) is 3.85. The summed E-state index contributed by atoms with van der Waals surface area (Å²) in [6, 6.07) is 5.32. The van der Waals surface area contributed by atoms with Crippen LogP contribution in [0.25, 0.3) is 10.9 Å². The molecule has 3 aliphatic heterocycles. The van der Waals surface area contributed by atoms with Crippen LogP contribution in [-0.2, 0) is 40.4 Å². The topological polar surface area (TPSA) is 203 Å². The minimum atomic E-state index is -3.93. The molecule has 16 nitrogen and oxygen atoms in total. The molecule has 2 bridgehead atoms. The lowest BCUT2D eigenvalue weighted by atomic mass is 9.96. The van der Waals surface area contributed by atoms with Gasteiger partial charge in [0.1, 0.15) is 35.6 Å². The molecule has 0 radical (unpaired) electrons. The number of amides is 5. The van der Waals surface area contributed by atoms with Crippen LogP contribution in [0.5, 0.6) is 11.6 Å². The standard InChI is InChI=1S/C47H60N6O10S/c1-2-31-26-47(31,45(57)51-64(59,60)33-21-22-33)50-42(55)37-25-32-27-53(37)44(56)40(30-14-6-7-15-30)49-46(58)63-38-20-12-16-29(38)13-4-3-5-18-35-41(61-28-39(54)52-23-10-11-24-52)34-17-8-9-19-36(34)48-43(35)62-32/h2-3,5,8-9,17,19,29-33,37-38,40H,1,4,6-7,10-16,18,20-28H2,(H,49,58)(H,50,55)(H,51,57)/b5-3+/t29-,31-,32-,37+,38-,40+,47-/m1/s1. The van der Waals surface area contributed by atoms with Gasteiger partial charge in [0, 0.05) is 30.8 Å². The molecule has 1 aromatic heterocycles.